The highest BCUT2D eigenvalue weighted by atomic mass is 19.4. The van der Waals surface area contributed by atoms with Crippen LogP contribution in [-0.4, -0.2) is 55.4 Å². The van der Waals surface area contributed by atoms with E-state index < -0.39 is 18.0 Å². The number of carbonyl (C=O) groups is 1. The van der Waals surface area contributed by atoms with E-state index in [4.69, 9.17) is 5.73 Å². The minimum absolute atomic E-state index is 0.0770. The molecule has 1 aromatic carbocycles. The van der Waals surface area contributed by atoms with E-state index in [9.17, 15) is 18.0 Å². The maximum atomic E-state index is 13.4. The molecule has 11 heteroatoms. The number of aromatic nitrogens is 4. The van der Waals surface area contributed by atoms with Gasteiger partial charge in [-0.05, 0) is 50.1 Å². The number of halogens is 3. The highest BCUT2D eigenvalue weighted by Gasteiger charge is 2.34. The molecule has 1 fully saturated rings. The Bertz CT molecular complexity index is 1420. The van der Waals surface area contributed by atoms with Crippen molar-refractivity contribution in [2.75, 3.05) is 13.1 Å². The first kappa shape index (κ1) is 23.2. The lowest BCUT2D eigenvalue weighted by Gasteiger charge is -2.31. The monoisotopic (exact) mass is 486 g/mol. The largest absolute Gasteiger partial charge is 0.573 e. The van der Waals surface area contributed by atoms with Gasteiger partial charge in [-0.25, -0.2) is 9.97 Å². The summed E-state index contributed by atoms with van der Waals surface area (Å²) in [6.45, 7) is 3.39. The zero-order valence-electron chi connectivity index (χ0n) is 19.3. The number of alkyl halides is 3. The number of nitrogens with zero attached hydrogens (tertiary/aromatic N) is 5. The van der Waals surface area contributed by atoms with Gasteiger partial charge >= 0.3 is 6.36 Å². The van der Waals surface area contributed by atoms with Crippen LogP contribution in [0.1, 0.15) is 30.1 Å². The predicted molar refractivity (Wildman–Crippen MR) is 125 cm³/mol. The summed E-state index contributed by atoms with van der Waals surface area (Å²) in [5.41, 5.74) is 7.91. The SMILES string of the molecule is CCn1c(-c2nc3cc(C(=O)N4CCC[C@@H](N)C4)cc(OC(F)(F)F)c3n2C)cc2cccnc21. The standard InChI is InChI=1S/C24H25F3N6O2/c1-3-33-18(11-14-6-4-8-29-21(14)33)22-30-17-10-15(23(34)32-9-5-7-16(28)13-32)12-19(20(17)31(22)2)35-24(25,26)27/h4,6,8,10-12,16H,3,5,7,9,13,28H2,1-2H3/t16-/m1/s1. The van der Waals surface area contributed by atoms with Crippen molar-refractivity contribution in [3.05, 3.63) is 42.1 Å². The molecule has 0 saturated carbocycles. The smallest absolute Gasteiger partial charge is 0.403 e. The molecule has 4 heterocycles. The third-order valence-electron chi connectivity index (χ3n) is 6.35. The van der Waals surface area contributed by atoms with Crippen LogP contribution in [0.4, 0.5) is 13.2 Å². The molecular formula is C24H25F3N6O2. The molecule has 1 aliphatic heterocycles. The summed E-state index contributed by atoms with van der Waals surface area (Å²) in [5.74, 6) is -0.428. The van der Waals surface area contributed by atoms with Gasteiger partial charge in [0.2, 0.25) is 0 Å². The number of fused-ring (bicyclic) bond motifs is 2. The normalized spacial score (nSPS) is 16.9. The van der Waals surface area contributed by atoms with Gasteiger partial charge in [0.25, 0.3) is 5.91 Å². The highest BCUT2D eigenvalue weighted by molar-refractivity contribution is 6.00. The molecule has 1 saturated heterocycles. The van der Waals surface area contributed by atoms with E-state index in [-0.39, 0.29) is 22.6 Å². The second-order valence-electron chi connectivity index (χ2n) is 8.73. The van der Waals surface area contributed by atoms with Crippen LogP contribution in [0.3, 0.4) is 0 Å². The molecule has 8 nitrogen and oxygen atoms in total. The Kier molecular flexibility index (Phi) is 5.66. The first-order chi connectivity index (χ1) is 16.7. The molecule has 0 aliphatic carbocycles. The number of amides is 1. The lowest BCUT2D eigenvalue weighted by Crippen LogP contribution is -2.45. The Morgan fingerprint density at radius 3 is 2.80 bits per heavy atom. The van der Waals surface area contributed by atoms with Gasteiger partial charge in [0.15, 0.2) is 11.6 Å². The fourth-order valence-electron chi connectivity index (χ4n) is 4.83. The van der Waals surface area contributed by atoms with Crippen LogP contribution in [0.25, 0.3) is 33.6 Å². The van der Waals surface area contributed by atoms with E-state index in [1.54, 1.807) is 22.7 Å². The second-order valence-corrected chi connectivity index (χ2v) is 8.73. The fourth-order valence-corrected chi connectivity index (χ4v) is 4.83. The predicted octanol–water partition coefficient (Wildman–Crippen LogP) is 4.07. The number of imidazole rings is 1. The van der Waals surface area contributed by atoms with Gasteiger partial charge in [0, 0.05) is 49.9 Å². The number of benzene rings is 1. The highest BCUT2D eigenvalue weighted by Crippen LogP contribution is 2.36. The van der Waals surface area contributed by atoms with Gasteiger partial charge < -0.3 is 24.5 Å². The van der Waals surface area contributed by atoms with E-state index in [2.05, 4.69) is 14.7 Å². The third kappa shape index (κ3) is 4.20. The number of hydrogen-bond acceptors (Lipinski definition) is 5. The van der Waals surface area contributed by atoms with Crippen molar-refractivity contribution in [1.82, 2.24) is 24.0 Å². The number of likely N-dealkylation sites (tertiary alicyclic amines) is 1. The number of rotatable bonds is 4. The number of ether oxygens (including phenoxy) is 1. The summed E-state index contributed by atoms with van der Waals surface area (Å²) >= 11 is 0. The molecule has 5 rings (SSSR count). The number of hydrogen-bond donors (Lipinski definition) is 1. The van der Waals surface area contributed by atoms with Crippen LogP contribution >= 0.6 is 0 Å². The number of aryl methyl sites for hydroxylation is 2. The number of carbonyl (C=O) groups excluding carboxylic acids is 1. The Balaban J connectivity index is 1.68. The molecule has 0 radical (unpaired) electrons. The van der Waals surface area contributed by atoms with E-state index in [1.807, 2.05) is 29.7 Å². The average Bonchev–Trinajstić information content (AvgIpc) is 3.34. The zero-order chi connectivity index (χ0) is 24.9. The van der Waals surface area contributed by atoms with Crippen LogP contribution in [0, 0.1) is 0 Å². The quantitative estimate of drug-likeness (QED) is 0.470. The summed E-state index contributed by atoms with van der Waals surface area (Å²) in [5, 5.41) is 0.889. The maximum Gasteiger partial charge on any atom is 0.573 e. The lowest BCUT2D eigenvalue weighted by atomic mass is 10.0. The second kappa shape index (κ2) is 8.56. The van der Waals surface area contributed by atoms with Crippen molar-refractivity contribution in [3.63, 3.8) is 0 Å². The third-order valence-corrected chi connectivity index (χ3v) is 6.35. The van der Waals surface area contributed by atoms with Crippen LogP contribution in [-0.2, 0) is 13.6 Å². The van der Waals surface area contributed by atoms with Crippen LogP contribution in [0.5, 0.6) is 5.75 Å². The molecule has 184 valence electrons. The lowest BCUT2D eigenvalue weighted by molar-refractivity contribution is -0.274. The van der Waals surface area contributed by atoms with Crippen LogP contribution < -0.4 is 10.5 Å². The molecule has 35 heavy (non-hydrogen) atoms. The Morgan fingerprint density at radius 1 is 1.29 bits per heavy atom. The summed E-state index contributed by atoms with van der Waals surface area (Å²) in [7, 11) is 1.63. The topological polar surface area (TPSA) is 91.2 Å². The summed E-state index contributed by atoms with van der Waals surface area (Å²) in [4.78, 5) is 23.8. The molecular weight excluding hydrogens is 461 g/mol. The summed E-state index contributed by atoms with van der Waals surface area (Å²) in [6.07, 6.45) is -1.71. The van der Waals surface area contributed by atoms with Gasteiger partial charge in [0.05, 0.1) is 11.2 Å². The van der Waals surface area contributed by atoms with Crippen molar-refractivity contribution in [2.45, 2.75) is 38.7 Å². The number of nitrogens with two attached hydrogens (primary N) is 1. The molecule has 1 aliphatic rings. The molecule has 1 amide bonds. The average molecular weight is 486 g/mol. The Morgan fingerprint density at radius 2 is 2.09 bits per heavy atom. The molecule has 2 N–H and O–H groups in total. The molecule has 0 bridgehead atoms. The van der Waals surface area contributed by atoms with Gasteiger partial charge in [-0.2, -0.15) is 0 Å². The fraction of sp³-hybridized carbons (Fsp3) is 0.375. The van der Waals surface area contributed by atoms with Crippen LogP contribution in [0.2, 0.25) is 0 Å². The zero-order valence-corrected chi connectivity index (χ0v) is 19.3. The minimum atomic E-state index is -4.94. The van der Waals surface area contributed by atoms with Crippen molar-refractivity contribution < 1.29 is 22.7 Å². The number of piperidine rings is 1. The Hall–Kier alpha value is -3.60. The number of pyridine rings is 1. The summed E-state index contributed by atoms with van der Waals surface area (Å²) in [6, 6.07) is 8.13. The molecule has 0 unspecified atom stereocenters. The van der Waals surface area contributed by atoms with E-state index in [1.165, 1.54) is 6.07 Å². The van der Waals surface area contributed by atoms with Crippen molar-refractivity contribution in [2.24, 2.45) is 12.8 Å². The van der Waals surface area contributed by atoms with Crippen molar-refractivity contribution in [1.29, 1.82) is 0 Å². The first-order valence-corrected chi connectivity index (χ1v) is 11.4. The van der Waals surface area contributed by atoms with Crippen LogP contribution in [0.15, 0.2) is 36.5 Å². The molecule has 4 aromatic rings. The van der Waals surface area contributed by atoms with E-state index in [0.29, 0.717) is 31.2 Å². The molecule has 0 spiro atoms. The van der Waals surface area contributed by atoms with Gasteiger partial charge in [0.1, 0.15) is 11.2 Å². The molecule has 1 atom stereocenters. The van der Waals surface area contributed by atoms with E-state index >= 15 is 0 Å². The van der Waals surface area contributed by atoms with Gasteiger partial charge in [-0.15, -0.1) is 13.2 Å². The van der Waals surface area contributed by atoms with E-state index in [0.717, 1.165) is 29.9 Å². The maximum absolute atomic E-state index is 13.4. The summed E-state index contributed by atoms with van der Waals surface area (Å²) < 4.78 is 47.9. The minimum Gasteiger partial charge on any atom is -0.403 e. The van der Waals surface area contributed by atoms with Crippen molar-refractivity contribution in [3.8, 4) is 17.3 Å². The van der Waals surface area contributed by atoms with Crippen molar-refractivity contribution >= 4 is 28.0 Å². The first-order valence-electron chi connectivity index (χ1n) is 11.4. The Labute approximate surface area is 199 Å². The molecule has 3 aromatic heterocycles. The van der Waals surface area contributed by atoms with Gasteiger partial charge in [-0.1, -0.05) is 0 Å². The van der Waals surface area contributed by atoms with Gasteiger partial charge in [-0.3, -0.25) is 4.79 Å².